The monoisotopic (exact) mass is 677 g/mol. The lowest BCUT2D eigenvalue weighted by molar-refractivity contribution is -0.192. The number of carbonyl (C=O) groups is 2. The molecule has 0 aliphatic carbocycles. The van der Waals surface area contributed by atoms with Crippen molar-refractivity contribution in [1.29, 1.82) is 0 Å². The quantitative estimate of drug-likeness (QED) is 0.181. The van der Waals surface area contributed by atoms with E-state index in [1.54, 1.807) is 31.3 Å². The Morgan fingerprint density at radius 2 is 1.85 bits per heavy atom. The van der Waals surface area contributed by atoms with Gasteiger partial charge in [-0.15, -0.1) is 0 Å². The molecule has 4 aromatic heterocycles. The Bertz CT molecular complexity index is 2010. The number of anilines is 1. The number of nitrogens with zero attached hydrogens (tertiary/aromatic N) is 5. The number of rotatable bonds is 3. The topological polar surface area (TPSA) is 148 Å². The minimum Gasteiger partial charge on any atom is -0.475 e. The molecule has 5 heterocycles. The number of hydrogen-bond donors (Lipinski definition) is 3. The molecule has 5 aromatic rings. The standard InChI is InChI=1S/C28H24ClF2N7O2.C2HF3O2/c1-15-3-2-4-23(21-10-17(6-7-32-21)26-22(36-27(15)40)13-35-38(26)28(30)31)37-14-34-20(12-24(37)39)19-11-18(29)9-16-5-8-33-25(16)19;3-2(4,5)1(6)7/h5-15,23,28,33H,2-4H2,1H3,(H,36,40);(H,6,7)/t15-,23+;/m1./s1. The van der Waals surface area contributed by atoms with Gasteiger partial charge in [0.2, 0.25) is 5.91 Å². The molecule has 11 nitrogen and oxygen atoms in total. The predicted octanol–water partition coefficient (Wildman–Crippen LogP) is 6.68. The molecule has 47 heavy (non-hydrogen) atoms. The highest BCUT2D eigenvalue weighted by Crippen LogP contribution is 2.35. The van der Waals surface area contributed by atoms with E-state index in [9.17, 15) is 31.5 Å². The van der Waals surface area contributed by atoms with Crippen molar-refractivity contribution < 1.29 is 36.6 Å². The molecule has 1 aromatic carbocycles. The molecular weight excluding hydrogens is 653 g/mol. The van der Waals surface area contributed by atoms with Crippen LogP contribution in [0.15, 0.2) is 66.1 Å². The second-order valence-corrected chi connectivity index (χ2v) is 11.1. The van der Waals surface area contributed by atoms with Gasteiger partial charge < -0.3 is 15.4 Å². The number of H-pyrrole nitrogens is 1. The summed E-state index contributed by atoms with van der Waals surface area (Å²) in [5.41, 5.74) is 2.82. The first-order chi connectivity index (χ1) is 22.2. The van der Waals surface area contributed by atoms with E-state index in [0.717, 1.165) is 10.9 Å². The Kier molecular flexibility index (Phi) is 9.42. The van der Waals surface area contributed by atoms with Crippen molar-refractivity contribution >= 4 is 40.1 Å². The van der Waals surface area contributed by atoms with Gasteiger partial charge in [0.1, 0.15) is 0 Å². The molecule has 0 radical (unpaired) electrons. The molecule has 1 amide bonds. The van der Waals surface area contributed by atoms with E-state index in [2.05, 4.69) is 25.4 Å². The van der Waals surface area contributed by atoms with Crippen LogP contribution in [0.1, 0.15) is 44.5 Å². The minimum absolute atomic E-state index is 0.0651. The third kappa shape index (κ3) is 7.16. The van der Waals surface area contributed by atoms with Crippen LogP contribution >= 0.6 is 11.6 Å². The van der Waals surface area contributed by atoms with E-state index >= 15 is 0 Å². The molecule has 0 spiro atoms. The van der Waals surface area contributed by atoms with E-state index < -0.39 is 30.7 Å². The lowest BCUT2D eigenvalue weighted by Gasteiger charge is -2.22. The third-order valence-corrected chi connectivity index (χ3v) is 7.73. The fraction of sp³-hybridized carbons (Fsp3) is 0.267. The second kappa shape index (κ2) is 13.3. The van der Waals surface area contributed by atoms with Crippen molar-refractivity contribution in [2.75, 3.05) is 5.32 Å². The molecule has 0 saturated heterocycles. The lowest BCUT2D eigenvalue weighted by Crippen LogP contribution is -2.27. The normalized spacial score (nSPS) is 16.8. The molecule has 2 bridgehead atoms. The largest absolute Gasteiger partial charge is 0.490 e. The van der Waals surface area contributed by atoms with Gasteiger partial charge in [0.05, 0.1) is 46.9 Å². The van der Waals surface area contributed by atoms with Gasteiger partial charge >= 0.3 is 18.7 Å². The van der Waals surface area contributed by atoms with Gasteiger partial charge in [0.15, 0.2) is 0 Å². The summed E-state index contributed by atoms with van der Waals surface area (Å²) in [5.74, 6) is -3.44. The third-order valence-electron chi connectivity index (χ3n) is 7.51. The van der Waals surface area contributed by atoms with Crippen LogP contribution in [0.25, 0.3) is 33.4 Å². The summed E-state index contributed by atoms with van der Waals surface area (Å²) in [7, 11) is 0. The number of carbonyl (C=O) groups excluding carboxylic acids is 1. The van der Waals surface area contributed by atoms with E-state index in [1.165, 1.54) is 29.4 Å². The fourth-order valence-electron chi connectivity index (χ4n) is 5.23. The van der Waals surface area contributed by atoms with Crippen molar-refractivity contribution in [2.24, 2.45) is 5.92 Å². The van der Waals surface area contributed by atoms with Crippen molar-refractivity contribution in [3.05, 3.63) is 82.4 Å². The summed E-state index contributed by atoms with van der Waals surface area (Å²) in [6.45, 7) is -1.14. The number of aliphatic carboxylic acids is 1. The summed E-state index contributed by atoms with van der Waals surface area (Å²) in [4.78, 5) is 47.6. The van der Waals surface area contributed by atoms with E-state index in [-0.39, 0.29) is 22.8 Å². The number of hydrogen-bond acceptors (Lipinski definition) is 6. The maximum atomic E-state index is 13.9. The van der Waals surface area contributed by atoms with E-state index in [0.29, 0.717) is 51.5 Å². The van der Waals surface area contributed by atoms with Crippen LogP contribution in [-0.2, 0) is 9.59 Å². The maximum Gasteiger partial charge on any atom is 0.490 e. The number of pyridine rings is 1. The number of aromatic nitrogens is 6. The number of nitrogens with one attached hydrogen (secondary N) is 2. The average Bonchev–Trinajstić information content (AvgIpc) is 3.66. The molecule has 2 atom stereocenters. The number of amides is 1. The van der Waals surface area contributed by atoms with Crippen LogP contribution in [0.3, 0.4) is 0 Å². The number of aromatic amines is 1. The first-order valence-corrected chi connectivity index (χ1v) is 14.4. The second-order valence-electron chi connectivity index (χ2n) is 10.7. The van der Waals surface area contributed by atoms with Crippen LogP contribution in [0, 0.1) is 5.92 Å². The first kappa shape index (κ1) is 33.2. The van der Waals surface area contributed by atoms with Gasteiger partial charge in [-0.1, -0.05) is 24.9 Å². The summed E-state index contributed by atoms with van der Waals surface area (Å²) in [6.07, 6.45) is 2.52. The molecule has 1 aliphatic heterocycles. The van der Waals surface area contributed by atoms with Crippen LogP contribution < -0.4 is 10.9 Å². The number of fused-ring (bicyclic) bond motifs is 5. The van der Waals surface area contributed by atoms with Crippen molar-refractivity contribution in [3.8, 4) is 22.5 Å². The van der Waals surface area contributed by atoms with E-state index in [1.807, 2.05) is 12.1 Å². The van der Waals surface area contributed by atoms with Crippen LogP contribution in [0.4, 0.5) is 27.6 Å². The molecule has 17 heteroatoms. The SMILES string of the molecule is C[C@@H]1CCC[C@H](n2cnc(-c3cc(Cl)cc4cc[nH]c34)cc2=O)c2cc(ccn2)-c2c(cnn2C(F)F)NC1=O.O=C(O)C(F)(F)F. The molecule has 0 fully saturated rings. The molecule has 0 saturated carbocycles. The highest BCUT2D eigenvalue weighted by atomic mass is 35.5. The maximum absolute atomic E-state index is 13.9. The minimum atomic E-state index is -5.08. The van der Waals surface area contributed by atoms with Gasteiger partial charge in [0.25, 0.3) is 5.56 Å². The zero-order valence-electron chi connectivity index (χ0n) is 24.3. The van der Waals surface area contributed by atoms with Crippen LogP contribution in [0.2, 0.25) is 5.02 Å². The number of alkyl halides is 5. The van der Waals surface area contributed by atoms with Crippen molar-refractivity contribution in [2.45, 2.75) is 45.0 Å². The Hall–Kier alpha value is -5.12. The fourth-order valence-corrected chi connectivity index (χ4v) is 5.46. The summed E-state index contributed by atoms with van der Waals surface area (Å²) < 4.78 is 61.5. The Morgan fingerprint density at radius 3 is 2.53 bits per heavy atom. The molecule has 0 unspecified atom stereocenters. The zero-order valence-corrected chi connectivity index (χ0v) is 25.1. The lowest BCUT2D eigenvalue weighted by atomic mass is 9.97. The Morgan fingerprint density at radius 1 is 1.11 bits per heavy atom. The van der Waals surface area contributed by atoms with Gasteiger partial charge in [0, 0.05) is 45.9 Å². The molecule has 6 rings (SSSR count). The van der Waals surface area contributed by atoms with Gasteiger partial charge in [-0.2, -0.15) is 27.1 Å². The number of carboxylic acids is 1. The summed E-state index contributed by atoms with van der Waals surface area (Å²) in [6, 6.07) is 9.61. The van der Waals surface area contributed by atoms with Gasteiger partial charge in [-0.05, 0) is 43.2 Å². The smallest absolute Gasteiger partial charge is 0.475 e. The molecule has 1 aliphatic rings. The molecular formula is C30H25ClF5N7O4. The predicted molar refractivity (Wildman–Crippen MR) is 161 cm³/mol. The van der Waals surface area contributed by atoms with E-state index in [4.69, 9.17) is 21.5 Å². The van der Waals surface area contributed by atoms with Crippen molar-refractivity contribution in [3.63, 3.8) is 0 Å². The number of carboxylic acid groups (broad SMARTS) is 1. The summed E-state index contributed by atoms with van der Waals surface area (Å²) >= 11 is 6.31. The van der Waals surface area contributed by atoms with Crippen LogP contribution in [0.5, 0.6) is 0 Å². The van der Waals surface area contributed by atoms with Crippen molar-refractivity contribution in [1.82, 2.24) is 29.3 Å². The number of halogens is 6. The Labute approximate surface area is 267 Å². The summed E-state index contributed by atoms with van der Waals surface area (Å²) in [5, 5.41) is 15.1. The van der Waals surface area contributed by atoms with Crippen LogP contribution in [-0.4, -0.2) is 52.5 Å². The van der Waals surface area contributed by atoms with Gasteiger partial charge in [-0.25, -0.2) is 14.5 Å². The highest BCUT2D eigenvalue weighted by Gasteiger charge is 2.38. The zero-order chi connectivity index (χ0) is 34.0. The molecule has 246 valence electrons. The van der Waals surface area contributed by atoms with Gasteiger partial charge in [-0.3, -0.25) is 19.1 Å². The molecule has 3 N–H and O–H groups in total. The first-order valence-electron chi connectivity index (χ1n) is 14.0. The highest BCUT2D eigenvalue weighted by molar-refractivity contribution is 6.31. The number of benzene rings is 1. The average molecular weight is 678 g/mol. The Balaban J connectivity index is 0.000000559.